The number of hydrogen-bond acceptors (Lipinski definition) is 3. The highest BCUT2D eigenvalue weighted by atomic mass is 16.5. The summed E-state index contributed by atoms with van der Waals surface area (Å²) < 4.78 is 5.35. The number of rotatable bonds is 2. The predicted molar refractivity (Wildman–Crippen MR) is 49.3 cm³/mol. The fraction of sp³-hybridized carbons (Fsp3) is 0.900. The molecule has 1 N–H and O–H groups in total. The van der Waals surface area contributed by atoms with Crippen molar-refractivity contribution >= 4 is 5.97 Å². The molecule has 0 aromatic carbocycles. The van der Waals surface area contributed by atoms with Crippen LogP contribution in [0.4, 0.5) is 0 Å². The van der Waals surface area contributed by atoms with E-state index in [1.165, 1.54) is 6.42 Å². The van der Waals surface area contributed by atoms with E-state index in [2.05, 4.69) is 5.32 Å². The fourth-order valence-corrected chi connectivity index (χ4v) is 1.80. The zero-order valence-corrected chi connectivity index (χ0v) is 7.92. The van der Waals surface area contributed by atoms with E-state index in [0.717, 1.165) is 38.8 Å². The Labute approximate surface area is 78.8 Å². The topological polar surface area (TPSA) is 38.3 Å². The maximum atomic E-state index is 11.5. The lowest BCUT2D eigenvalue weighted by molar-refractivity contribution is -0.158. The van der Waals surface area contributed by atoms with Crippen molar-refractivity contribution in [1.29, 1.82) is 0 Å². The molecule has 13 heavy (non-hydrogen) atoms. The van der Waals surface area contributed by atoms with Gasteiger partial charge in [0.25, 0.3) is 0 Å². The monoisotopic (exact) mass is 183 g/mol. The van der Waals surface area contributed by atoms with Gasteiger partial charge >= 0.3 is 5.97 Å². The molecule has 1 saturated heterocycles. The Morgan fingerprint density at radius 1 is 1.23 bits per heavy atom. The molecule has 1 aliphatic carbocycles. The van der Waals surface area contributed by atoms with Crippen molar-refractivity contribution < 1.29 is 9.53 Å². The van der Waals surface area contributed by atoms with Gasteiger partial charge in [-0.25, -0.2) is 0 Å². The molecule has 1 saturated carbocycles. The van der Waals surface area contributed by atoms with E-state index in [1.54, 1.807) is 0 Å². The first-order chi connectivity index (χ1) is 6.36. The number of nitrogens with one attached hydrogen (secondary N) is 1. The molecule has 2 aliphatic rings. The third-order valence-corrected chi connectivity index (χ3v) is 2.97. The van der Waals surface area contributed by atoms with Crippen LogP contribution in [0, 0.1) is 5.92 Å². The minimum atomic E-state index is 0.0249. The molecule has 0 spiro atoms. The first-order valence-electron chi connectivity index (χ1n) is 5.27. The van der Waals surface area contributed by atoms with E-state index in [0.29, 0.717) is 0 Å². The molecule has 0 bridgehead atoms. The molecule has 1 heterocycles. The number of carbonyl (C=O) groups excluding carboxylic acids is 1. The summed E-state index contributed by atoms with van der Waals surface area (Å²) >= 11 is 0. The van der Waals surface area contributed by atoms with Crippen LogP contribution >= 0.6 is 0 Å². The zero-order chi connectivity index (χ0) is 9.10. The molecule has 0 aromatic heterocycles. The second-order valence-electron chi connectivity index (χ2n) is 4.03. The lowest BCUT2D eigenvalue weighted by atomic mass is 9.95. The van der Waals surface area contributed by atoms with Crippen molar-refractivity contribution in [2.24, 2.45) is 5.92 Å². The van der Waals surface area contributed by atoms with Crippen LogP contribution in [0.25, 0.3) is 0 Å². The Bertz CT molecular complexity index is 183. The van der Waals surface area contributed by atoms with Gasteiger partial charge in [0.2, 0.25) is 0 Å². The predicted octanol–water partition coefficient (Wildman–Crippen LogP) is 1.08. The molecule has 1 atom stereocenters. The first-order valence-corrected chi connectivity index (χ1v) is 5.27. The number of esters is 1. The van der Waals surface area contributed by atoms with E-state index < -0.39 is 0 Å². The maximum Gasteiger partial charge on any atom is 0.310 e. The maximum absolute atomic E-state index is 11.5. The smallest absolute Gasteiger partial charge is 0.310 e. The normalized spacial score (nSPS) is 29.4. The summed E-state index contributed by atoms with van der Waals surface area (Å²) in [6, 6.07) is 0. The van der Waals surface area contributed by atoms with E-state index in [9.17, 15) is 4.79 Å². The summed E-state index contributed by atoms with van der Waals surface area (Å²) in [7, 11) is 0. The highest BCUT2D eigenvalue weighted by molar-refractivity contribution is 5.73. The number of hydrogen-bond donors (Lipinski definition) is 1. The SMILES string of the molecule is O=C(OC1CCC1)[C@H]1CCCNC1. The van der Waals surface area contributed by atoms with Gasteiger partial charge < -0.3 is 10.1 Å². The highest BCUT2D eigenvalue weighted by Gasteiger charge is 2.27. The Balaban J connectivity index is 1.74. The van der Waals surface area contributed by atoms with Crippen LogP contribution in [0.1, 0.15) is 32.1 Å². The molecule has 2 fully saturated rings. The summed E-state index contributed by atoms with van der Waals surface area (Å²) in [4.78, 5) is 11.5. The number of carbonyl (C=O) groups is 1. The lowest BCUT2D eigenvalue weighted by Gasteiger charge is -2.28. The third kappa shape index (κ3) is 2.21. The quantitative estimate of drug-likeness (QED) is 0.651. The largest absolute Gasteiger partial charge is 0.462 e. The average molecular weight is 183 g/mol. The third-order valence-electron chi connectivity index (χ3n) is 2.97. The molecule has 1 aliphatic heterocycles. The number of piperidine rings is 1. The van der Waals surface area contributed by atoms with E-state index in [-0.39, 0.29) is 18.0 Å². The summed E-state index contributed by atoms with van der Waals surface area (Å²) in [6.07, 6.45) is 5.72. The van der Waals surface area contributed by atoms with E-state index in [4.69, 9.17) is 4.74 Å². The molecule has 0 aromatic rings. The van der Waals surface area contributed by atoms with Crippen LogP contribution < -0.4 is 5.32 Å². The van der Waals surface area contributed by atoms with Crippen molar-refractivity contribution in [1.82, 2.24) is 5.32 Å². The Morgan fingerprint density at radius 2 is 2.08 bits per heavy atom. The lowest BCUT2D eigenvalue weighted by Crippen LogP contribution is -2.37. The van der Waals surface area contributed by atoms with Crippen molar-refractivity contribution in [3.63, 3.8) is 0 Å². The van der Waals surface area contributed by atoms with Crippen molar-refractivity contribution in [3.05, 3.63) is 0 Å². The second kappa shape index (κ2) is 4.09. The van der Waals surface area contributed by atoms with Gasteiger partial charge in [0, 0.05) is 6.54 Å². The van der Waals surface area contributed by atoms with Crippen LogP contribution in [0.3, 0.4) is 0 Å². The molecule has 2 rings (SSSR count). The molecule has 0 amide bonds. The fourth-order valence-electron chi connectivity index (χ4n) is 1.80. The van der Waals surface area contributed by atoms with Crippen molar-refractivity contribution in [2.45, 2.75) is 38.2 Å². The van der Waals surface area contributed by atoms with Gasteiger partial charge in [-0.2, -0.15) is 0 Å². The van der Waals surface area contributed by atoms with Crippen molar-refractivity contribution in [3.8, 4) is 0 Å². The van der Waals surface area contributed by atoms with E-state index >= 15 is 0 Å². The molecule has 74 valence electrons. The van der Waals surface area contributed by atoms with Crippen molar-refractivity contribution in [2.75, 3.05) is 13.1 Å². The summed E-state index contributed by atoms with van der Waals surface area (Å²) in [5.41, 5.74) is 0. The Morgan fingerprint density at radius 3 is 2.62 bits per heavy atom. The van der Waals surface area contributed by atoms with Gasteiger partial charge in [0.15, 0.2) is 0 Å². The van der Waals surface area contributed by atoms with Crippen LogP contribution in [-0.4, -0.2) is 25.2 Å². The van der Waals surface area contributed by atoms with Crippen LogP contribution in [-0.2, 0) is 9.53 Å². The highest BCUT2D eigenvalue weighted by Crippen LogP contribution is 2.24. The van der Waals surface area contributed by atoms with Gasteiger partial charge in [-0.05, 0) is 38.6 Å². The van der Waals surface area contributed by atoms with Gasteiger partial charge in [-0.1, -0.05) is 0 Å². The van der Waals surface area contributed by atoms with Gasteiger partial charge in [-0.15, -0.1) is 0 Å². The first kappa shape index (κ1) is 9.00. The molecule has 3 nitrogen and oxygen atoms in total. The van der Waals surface area contributed by atoms with Crippen LogP contribution in [0.2, 0.25) is 0 Å². The summed E-state index contributed by atoms with van der Waals surface area (Å²) in [5.74, 6) is 0.145. The molecular weight excluding hydrogens is 166 g/mol. The minimum Gasteiger partial charge on any atom is -0.462 e. The van der Waals surface area contributed by atoms with E-state index in [1.807, 2.05) is 0 Å². The van der Waals surface area contributed by atoms with Crippen LogP contribution in [0.15, 0.2) is 0 Å². The van der Waals surface area contributed by atoms with Crippen LogP contribution in [0.5, 0.6) is 0 Å². The van der Waals surface area contributed by atoms with Gasteiger partial charge in [0.05, 0.1) is 5.92 Å². The van der Waals surface area contributed by atoms with Gasteiger partial charge in [0.1, 0.15) is 6.10 Å². The second-order valence-corrected chi connectivity index (χ2v) is 4.03. The zero-order valence-electron chi connectivity index (χ0n) is 7.92. The van der Waals surface area contributed by atoms with Gasteiger partial charge in [-0.3, -0.25) is 4.79 Å². The summed E-state index contributed by atoms with van der Waals surface area (Å²) in [5, 5.41) is 3.22. The Kier molecular flexibility index (Phi) is 2.83. The summed E-state index contributed by atoms with van der Waals surface area (Å²) in [6.45, 7) is 1.86. The molecule has 3 heteroatoms. The molecular formula is C10H17NO2. The average Bonchev–Trinajstić information content (AvgIpc) is 2.12. The minimum absolute atomic E-state index is 0.0249. The molecule has 0 radical (unpaired) electrons. The Hall–Kier alpha value is -0.570. The standard InChI is InChI=1S/C10H17NO2/c12-10(13-9-4-1-5-9)8-3-2-6-11-7-8/h8-9,11H,1-7H2/t8-/m0/s1. The number of ether oxygens (including phenoxy) is 1. The molecule has 0 unspecified atom stereocenters.